The van der Waals surface area contributed by atoms with E-state index in [0.717, 1.165) is 19.3 Å². The van der Waals surface area contributed by atoms with Gasteiger partial charge in [-0.2, -0.15) is 0 Å². The number of ketones is 1. The van der Waals surface area contributed by atoms with Gasteiger partial charge in [-0.3, -0.25) is 4.79 Å². The predicted octanol–water partition coefficient (Wildman–Crippen LogP) is 1.68. The van der Waals surface area contributed by atoms with Gasteiger partial charge >= 0.3 is 0 Å². The van der Waals surface area contributed by atoms with Crippen molar-refractivity contribution in [2.24, 2.45) is 5.41 Å². The number of aliphatic hydroxyl groups is 1. The first-order chi connectivity index (χ1) is 5.75. The number of carbonyl (C=O) groups is 1. The summed E-state index contributed by atoms with van der Waals surface area (Å²) in [7, 11) is 0. The third-order valence-corrected chi connectivity index (χ3v) is 2.68. The summed E-state index contributed by atoms with van der Waals surface area (Å²) in [6.45, 7) is 1.86. The van der Waals surface area contributed by atoms with Gasteiger partial charge in [-0.25, -0.2) is 0 Å². The van der Waals surface area contributed by atoms with Crippen LogP contribution in [0, 0.1) is 5.41 Å². The maximum Gasteiger partial charge on any atom is 0.141 e. The Bertz CT molecular complexity index is 196. The van der Waals surface area contributed by atoms with E-state index in [4.69, 9.17) is 0 Å². The van der Waals surface area contributed by atoms with Crippen LogP contribution in [0.4, 0.5) is 0 Å². The Morgan fingerprint density at radius 1 is 1.58 bits per heavy atom. The van der Waals surface area contributed by atoms with E-state index in [1.54, 1.807) is 0 Å². The Balaban J connectivity index is 2.74. The molecule has 0 fully saturated rings. The normalized spacial score (nSPS) is 28.8. The van der Waals surface area contributed by atoms with E-state index in [2.05, 4.69) is 6.08 Å². The quantitative estimate of drug-likeness (QED) is 0.651. The Labute approximate surface area is 73.3 Å². The zero-order valence-corrected chi connectivity index (χ0v) is 7.55. The van der Waals surface area contributed by atoms with Gasteiger partial charge < -0.3 is 5.11 Å². The molecule has 1 aliphatic carbocycles. The van der Waals surface area contributed by atoms with Crippen LogP contribution in [0.3, 0.4) is 0 Å². The first-order valence-corrected chi connectivity index (χ1v) is 4.54. The fourth-order valence-electron chi connectivity index (χ4n) is 1.75. The number of carbonyl (C=O) groups excluding carboxylic acids is 1. The van der Waals surface area contributed by atoms with Gasteiger partial charge in [0.05, 0.1) is 12.0 Å². The largest absolute Gasteiger partial charge is 0.395 e. The minimum Gasteiger partial charge on any atom is -0.395 e. The molecular formula is C10H16O2. The molecule has 12 heavy (non-hydrogen) atoms. The second kappa shape index (κ2) is 3.85. The van der Waals surface area contributed by atoms with E-state index in [0.29, 0.717) is 6.42 Å². The van der Waals surface area contributed by atoms with E-state index >= 15 is 0 Å². The number of hydrogen-bond donors (Lipinski definition) is 1. The Morgan fingerprint density at radius 3 is 2.75 bits per heavy atom. The molecule has 0 bridgehead atoms. The maximum atomic E-state index is 11.5. The van der Waals surface area contributed by atoms with Crippen LogP contribution in [0.5, 0.6) is 0 Å². The summed E-state index contributed by atoms with van der Waals surface area (Å²) in [5, 5.41) is 9.19. The lowest BCUT2D eigenvalue weighted by atomic mass is 9.73. The number of allylic oxidation sites excluding steroid dienone is 2. The Morgan fingerprint density at radius 2 is 2.33 bits per heavy atom. The molecule has 2 heteroatoms. The van der Waals surface area contributed by atoms with Crippen LogP contribution >= 0.6 is 0 Å². The van der Waals surface area contributed by atoms with Crippen molar-refractivity contribution in [3.05, 3.63) is 12.2 Å². The van der Waals surface area contributed by atoms with Crippen molar-refractivity contribution < 1.29 is 9.90 Å². The first-order valence-electron chi connectivity index (χ1n) is 4.54. The van der Waals surface area contributed by atoms with E-state index in [-0.39, 0.29) is 12.4 Å². The van der Waals surface area contributed by atoms with Gasteiger partial charge in [0.1, 0.15) is 5.78 Å². The number of aliphatic hydroxyl groups excluding tert-OH is 1. The average molecular weight is 168 g/mol. The monoisotopic (exact) mass is 168 g/mol. The minimum atomic E-state index is -0.441. The third kappa shape index (κ3) is 1.58. The average Bonchev–Trinajstić information content (AvgIpc) is 2.17. The lowest BCUT2D eigenvalue weighted by Gasteiger charge is -2.30. The van der Waals surface area contributed by atoms with Crippen LogP contribution in [-0.2, 0) is 4.79 Å². The minimum absolute atomic E-state index is 0.00398. The lowest BCUT2D eigenvalue weighted by Crippen LogP contribution is -2.35. The molecule has 0 aromatic heterocycles. The molecule has 1 unspecified atom stereocenters. The predicted molar refractivity (Wildman–Crippen MR) is 47.8 cm³/mol. The molecule has 68 valence electrons. The zero-order valence-electron chi connectivity index (χ0n) is 7.55. The number of hydrogen-bond acceptors (Lipinski definition) is 2. The number of Topliss-reactive ketones (excluding diaryl/α,β-unsaturated/α-hetero) is 1. The van der Waals surface area contributed by atoms with Crippen LogP contribution in [0.2, 0.25) is 0 Å². The molecule has 0 radical (unpaired) electrons. The molecular weight excluding hydrogens is 152 g/mol. The van der Waals surface area contributed by atoms with Gasteiger partial charge in [0.15, 0.2) is 0 Å². The van der Waals surface area contributed by atoms with Crippen LogP contribution in [0.1, 0.15) is 32.6 Å². The van der Waals surface area contributed by atoms with E-state index in [9.17, 15) is 9.90 Å². The fourth-order valence-corrected chi connectivity index (χ4v) is 1.75. The van der Waals surface area contributed by atoms with Gasteiger partial charge in [0, 0.05) is 6.42 Å². The van der Waals surface area contributed by atoms with Crippen LogP contribution in [-0.4, -0.2) is 17.5 Å². The highest BCUT2D eigenvalue weighted by Gasteiger charge is 2.35. The molecule has 1 aliphatic rings. The van der Waals surface area contributed by atoms with E-state index in [1.165, 1.54) is 0 Å². The summed E-state index contributed by atoms with van der Waals surface area (Å²) in [6, 6.07) is 0. The van der Waals surface area contributed by atoms with E-state index in [1.807, 2.05) is 13.0 Å². The summed E-state index contributed by atoms with van der Waals surface area (Å²) in [6.07, 6.45) is 7.08. The van der Waals surface area contributed by atoms with Crippen molar-refractivity contribution in [3.63, 3.8) is 0 Å². The van der Waals surface area contributed by atoms with Crippen LogP contribution in [0.15, 0.2) is 12.2 Å². The molecule has 0 spiro atoms. The molecule has 0 saturated carbocycles. The Hall–Kier alpha value is -0.630. The summed E-state index contributed by atoms with van der Waals surface area (Å²) < 4.78 is 0. The highest BCUT2D eigenvalue weighted by atomic mass is 16.3. The van der Waals surface area contributed by atoms with Crippen molar-refractivity contribution in [1.82, 2.24) is 0 Å². The maximum absolute atomic E-state index is 11.5. The van der Waals surface area contributed by atoms with Gasteiger partial charge in [-0.15, -0.1) is 0 Å². The second-order valence-corrected chi connectivity index (χ2v) is 3.43. The molecule has 0 amide bonds. The molecule has 0 saturated heterocycles. The molecule has 2 nitrogen and oxygen atoms in total. The van der Waals surface area contributed by atoms with Gasteiger partial charge in [0.2, 0.25) is 0 Å². The summed E-state index contributed by atoms with van der Waals surface area (Å²) >= 11 is 0. The molecule has 0 aromatic carbocycles. The third-order valence-electron chi connectivity index (χ3n) is 2.68. The SMILES string of the molecule is CCC(=O)C1(CO)CC=CCC1. The molecule has 1 rings (SSSR count). The van der Waals surface area contributed by atoms with Crippen molar-refractivity contribution >= 4 is 5.78 Å². The smallest absolute Gasteiger partial charge is 0.141 e. The van der Waals surface area contributed by atoms with Crippen molar-refractivity contribution in [1.29, 1.82) is 0 Å². The molecule has 1 atom stereocenters. The summed E-state index contributed by atoms with van der Waals surface area (Å²) in [5.74, 6) is 0.203. The standard InChI is InChI=1S/C10H16O2/c1-2-9(12)10(8-11)6-4-3-5-7-10/h3-4,11H,2,5-8H2,1H3. The summed E-state index contributed by atoms with van der Waals surface area (Å²) in [4.78, 5) is 11.5. The second-order valence-electron chi connectivity index (χ2n) is 3.43. The first kappa shape index (κ1) is 9.46. The van der Waals surface area contributed by atoms with Crippen LogP contribution < -0.4 is 0 Å². The highest BCUT2D eigenvalue weighted by molar-refractivity contribution is 5.85. The van der Waals surface area contributed by atoms with Crippen LogP contribution in [0.25, 0.3) is 0 Å². The molecule has 0 heterocycles. The van der Waals surface area contributed by atoms with Gasteiger partial charge in [-0.1, -0.05) is 19.1 Å². The lowest BCUT2D eigenvalue weighted by molar-refractivity contribution is -0.131. The van der Waals surface area contributed by atoms with Crippen molar-refractivity contribution in [3.8, 4) is 0 Å². The van der Waals surface area contributed by atoms with Crippen molar-refractivity contribution in [2.75, 3.05) is 6.61 Å². The zero-order chi connectivity index (χ0) is 9.03. The molecule has 0 aromatic rings. The van der Waals surface area contributed by atoms with Crippen molar-refractivity contribution in [2.45, 2.75) is 32.6 Å². The number of rotatable bonds is 3. The fraction of sp³-hybridized carbons (Fsp3) is 0.700. The van der Waals surface area contributed by atoms with Gasteiger partial charge in [-0.05, 0) is 19.3 Å². The summed E-state index contributed by atoms with van der Waals surface area (Å²) in [5.41, 5.74) is -0.441. The molecule has 0 aliphatic heterocycles. The van der Waals surface area contributed by atoms with E-state index < -0.39 is 5.41 Å². The Kier molecular flexibility index (Phi) is 3.04. The molecule has 1 N–H and O–H groups in total. The topological polar surface area (TPSA) is 37.3 Å². The van der Waals surface area contributed by atoms with Gasteiger partial charge in [0.25, 0.3) is 0 Å². The highest BCUT2D eigenvalue weighted by Crippen LogP contribution is 2.33.